The molecular weight excluding hydrogens is 358 g/mol. The molecule has 28 heavy (non-hydrogen) atoms. The molecule has 7 nitrogen and oxygen atoms in total. The highest BCUT2D eigenvalue weighted by molar-refractivity contribution is 5.78. The van der Waals surface area contributed by atoms with Gasteiger partial charge in [-0.15, -0.1) is 0 Å². The van der Waals surface area contributed by atoms with Gasteiger partial charge in [0.25, 0.3) is 0 Å². The fourth-order valence-corrected chi connectivity index (χ4v) is 5.35. The number of rotatable bonds is 4. The third-order valence-electron chi connectivity index (χ3n) is 6.55. The molecule has 4 aliphatic heterocycles. The van der Waals surface area contributed by atoms with Crippen molar-refractivity contribution in [2.45, 2.75) is 38.3 Å². The first-order chi connectivity index (χ1) is 13.7. The van der Waals surface area contributed by atoms with Crippen molar-refractivity contribution < 1.29 is 19.1 Å². The number of ether oxygens (including phenoxy) is 2. The molecule has 2 bridgehead atoms. The second-order valence-electron chi connectivity index (χ2n) is 8.53. The maximum atomic E-state index is 12.5. The van der Waals surface area contributed by atoms with Gasteiger partial charge < -0.3 is 19.7 Å². The summed E-state index contributed by atoms with van der Waals surface area (Å²) in [6, 6.07) is 6.14. The van der Waals surface area contributed by atoms with Gasteiger partial charge in [0.1, 0.15) is 0 Å². The molecule has 7 heteroatoms. The van der Waals surface area contributed by atoms with Gasteiger partial charge in [0.05, 0.1) is 6.54 Å². The van der Waals surface area contributed by atoms with E-state index in [1.807, 2.05) is 18.2 Å². The fraction of sp³-hybridized carbons (Fsp3) is 0.619. The van der Waals surface area contributed by atoms with Crippen LogP contribution in [0, 0.1) is 11.8 Å². The highest BCUT2D eigenvalue weighted by Crippen LogP contribution is 2.37. The van der Waals surface area contributed by atoms with Crippen LogP contribution in [0.4, 0.5) is 0 Å². The van der Waals surface area contributed by atoms with Crippen LogP contribution in [0.5, 0.6) is 11.5 Å². The molecule has 4 aliphatic rings. The average molecular weight is 385 g/mol. The largest absolute Gasteiger partial charge is 0.454 e. The van der Waals surface area contributed by atoms with Crippen molar-refractivity contribution in [1.82, 2.24) is 15.1 Å². The number of carbonyl (C=O) groups is 2. The van der Waals surface area contributed by atoms with E-state index in [4.69, 9.17) is 9.47 Å². The van der Waals surface area contributed by atoms with Crippen molar-refractivity contribution in [3.05, 3.63) is 23.8 Å². The third-order valence-corrected chi connectivity index (χ3v) is 6.55. The summed E-state index contributed by atoms with van der Waals surface area (Å²) in [5.41, 5.74) is 1.00. The zero-order valence-corrected chi connectivity index (χ0v) is 16.1. The lowest BCUT2D eigenvalue weighted by molar-refractivity contribution is -0.145. The number of benzene rings is 1. The van der Waals surface area contributed by atoms with Gasteiger partial charge in [-0.3, -0.25) is 14.5 Å². The van der Waals surface area contributed by atoms with Crippen LogP contribution in [-0.2, 0) is 16.1 Å². The summed E-state index contributed by atoms with van der Waals surface area (Å²) >= 11 is 0. The molecule has 1 aromatic rings. The standard InChI is InChI=1S/C21H27N3O4/c25-20(22-8-14-4-5-18-19(7-14)28-13-27-18)12-23-9-15-6-16(11-23)17-2-1-3-21(26)24(17)10-15/h4-5,7,15-17H,1-3,6,8-13H2,(H,22,25)/t15?,16?,17-/m1/s1. The molecule has 1 aromatic carbocycles. The van der Waals surface area contributed by atoms with Crippen molar-refractivity contribution in [3.8, 4) is 11.5 Å². The highest BCUT2D eigenvalue weighted by Gasteiger charge is 2.44. The summed E-state index contributed by atoms with van der Waals surface area (Å²) in [6.07, 6.45) is 4.04. The van der Waals surface area contributed by atoms with Crippen molar-refractivity contribution in [1.29, 1.82) is 0 Å². The molecule has 3 atom stereocenters. The Labute approximate surface area is 165 Å². The van der Waals surface area contributed by atoms with Crippen LogP contribution in [-0.4, -0.2) is 60.6 Å². The normalized spacial score (nSPS) is 28.8. The molecule has 5 rings (SSSR count). The van der Waals surface area contributed by atoms with Crippen LogP contribution < -0.4 is 14.8 Å². The van der Waals surface area contributed by atoms with E-state index in [1.54, 1.807) is 0 Å². The number of carbonyl (C=O) groups excluding carboxylic acids is 2. The van der Waals surface area contributed by atoms with E-state index in [0.29, 0.717) is 43.3 Å². The van der Waals surface area contributed by atoms with Crippen LogP contribution in [0.3, 0.4) is 0 Å². The first-order valence-electron chi connectivity index (χ1n) is 10.3. The Bertz CT molecular complexity index is 783. The second-order valence-corrected chi connectivity index (χ2v) is 8.53. The van der Waals surface area contributed by atoms with Crippen LogP contribution >= 0.6 is 0 Å². The Morgan fingerprint density at radius 1 is 1.18 bits per heavy atom. The molecule has 3 fully saturated rings. The zero-order chi connectivity index (χ0) is 19.1. The number of likely N-dealkylation sites (tertiary alicyclic amines) is 1. The monoisotopic (exact) mass is 385 g/mol. The molecule has 0 radical (unpaired) electrons. The summed E-state index contributed by atoms with van der Waals surface area (Å²) in [6.45, 7) is 3.87. The lowest BCUT2D eigenvalue weighted by atomic mass is 9.76. The van der Waals surface area contributed by atoms with Crippen molar-refractivity contribution >= 4 is 11.8 Å². The highest BCUT2D eigenvalue weighted by atomic mass is 16.7. The molecule has 0 saturated carbocycles. The van der Waals surface area contributed by atoms with Crippen LogP contribution in [0.25, 0.3) is 0 Å². The topological polar surface area (TPSA) is 71.1 Å². The number of nitrogens with zero attached hydrogens (tertiary/aromatic N) is 2. The second kappa shape index (κ2) is 7.28. The molecule has 4 heterocycles. The summed E-state index contributed by atoms with van der Waals surface area (Å²) in [5, 5.41) is 3.03. The lowest BCUT2D eigenvalue weighted by Crippen LogP contribution is -2.61. The van der Waals surface area contributed by atoms with Gasteiger partial charge in [-0.25, -0.2) is 0 Å². The Balaban J connectivity index is 1.15. The van der Waals surface area contributed by atoms with Gasteiger partial charge in [-0.2, -0.15) is 0 Å². The third kappa shape index (κ3) is 3.43. The number of nitrogens with one attached hydrogen (secondary N) is 1. The van der Waals surface area contributed by atoms with Gasteiger partial charge in [-0.1, -0.05) is 6.07 Å². The Morgan fingerprint density at radius 2 is 2.07 bits per heavy atom. The minimum absolute atomic E-state index is 0.0502. The summed E-state index contributed by atoms with van der Waals surface area (Å²) < 4.78 is 10.7. The maximum Gasteiger partial charge on any atom is 0.234 e. The Morgan fingerprint density at radius 3 is 3.00 bits per heavy atom. The first-order valence-corrected chi connectivity index (χ1v) is 10.3. The fourth-order valence-electron chi connectivity index (χ4n) is 5.35. The molecule has 0 spiro atoms. The van der Waals surface area contributed by atoms with Crippen molar-refractivity contribution in [3.63, 3.8) is 0 Å². The van der Waals surface area contributed by atoms with E-state index < -0.39 is 0 Å². The van der Waals surface area contributed by atoms with Crippen molar-refractivity contribution in [2.24, 2.45) is 11.8 Å². The number of amides is 2. The number of hydrogen-bond acceptors (Lipinski definition) is 5. The van der Waals surface area contributed by atoms with E-state index >= 15 is 0 Å². The SMILES string of the molecule is O=C(CN1CC2CC(C1)[C@H]1CCCC(=O)N1C2)NCc1ccc2c(c1)OCO2. The molecule has 1 N–H and O–H groups in total. The average Bonchev–Trinajstić information content (AvgIpc) is 3.15. The van der Waals surface area contributed by atoms with Gasteiger partial charge in [-0.05, 0) is 48.8 Å². The summed E-state index contributed by atoms with van der Waals surface area (Å²) in [7, 11) is 0. The Kier molecular flexibility index (Phi) is 4.62. The van der Waals surface area contributed by atoms with Gasteiger partial charge in [0.15, 0.2) is 11.5 Å². The van der Waals surface area contributed by atoms with E-state index in [2.05, 4.69) is 15.1 Å². The lowest BCUT2D eigenvalue weighted by Gasteiger charge is -2.52. The number of hydrogen-bond donors (Lipinski definition) is 1. The number of piperidine rings is 3. The Hall–Kier alpha value is -2.28. The molecular formula is C21H27N3O4. The molecule has 2 unspecified atom stereocenters. The smallest absolute Gasteiger partial charge is 0.234 e. The zero-order valence-electron chi connectivity index (χ0n) is 16.1. The molecule has 0 aliphatic carbocycles. The molecule has 3 saturated heterocycles. The first kappa shape index (κ1) is 17.8. The van der Waals surface area contributed by atoms with E-state index in [-0.39, 0.29) is 12.7 Å². The van der Waals surface area contributed by atoms with Gasteiger partial charge in [0, 0.05) is 38.6 Å². The van der Waals surface area contributed by atoms with Crippen molar-refractivity contribution in [2.75, 3.05) is 33.0 Å². The number of fused-ring (bicyclic) bond motifs is 5. The molecule has 2 amide bonds. The predicted molar refractivity (Wildman–Crippen MR) is 102 cm³/mol. The van der Waals surface area contributed by atoms with Gasteiger partial charge >= 0.3 is 0 Å². The quantitative estimate of drug-likeness (QED) is 0.848. The van der Waals surface area contributed by atoms with Crippen LogP contribution in [0.15, 0.2) is 18.2 Å². The van der Waals surface area contributed by atoms with E-state index in [9.17, 15) is 9.59 Å². The summed E-state index contributed by atoms with van der Waals surface area (Å²) in [4.78, 5) is 29.2. The maximum absolute atomic E-state index is 12.5. The van der Waals surface area contributed by atoms with Gasteiger partial charge in [0.2, 0.25) is 18.6 Å². The van der Waals surface area contributed by atoms with Crippen LogP contribution in [0.2, 0.25) is 0 Å². The molecule has 150 valence electrons. The predicted octanol–water partition coefficient (Wildman–Crippen LogP) is 1.36. The summed E-state index contributed by atoms with van der Waals surface area (Å²) in [5.74, 6) is 2.89. The van der Waals surface area contributed by atoms with E-state index in [1.165, 1.54) is 6.42 Å². The van der Waals surface area contributed by atoms with E-state index in [0.717, 1.165) is 49.5 Å². The molecule has 0 aromatic heterocycles. The van der Waals surface area contributed by atoms with Crippen LogP contribution in [0.1, 0.15) is 31.2 Å². The minimum atomic E-state index is 0.0502. The minimum Gasteiger partial charge on any atom is -0.454 e.